The molecule has 0 aliphatic carbocycles. The molecule has 0 aromatic heterocycles. The lowest BCUT2D eigenvalue weighted by molar-refractivity contribution is -0.128. The average Bonchev–Trinajstić information content (AvgIpc) is 2.76. The van der Waals surface area contributed by atoms with E-state index in [0.717, 1.165) is 19.5 Å². The molecule has 0 saturated carbocycles. The van der Waals surface area contributed by atoms with Crippen LogP contribution in [-0.2, 0) is 4.79 Å². The minimum absolute atomic E-state index is 0.274. The number of hydrogen-bond acceptors (Lipinski definition) is 3. The number of hydrogen-bond donors (Lipinski definition) is 1. The normalized spacial score (nSPS) is 32.9. The minimum Gasteiger partial charge on any atom is -0.326 e. The van der Waals surface area contributed by atoms with Crippen LogP contribution >= 0.6 is 0 Å². The van der Waals surface area contributed by atoms with E-state index in [4.69, 9.17) is 0 Å². The summed E-state index contributed by atoms with van der Waals surface area (Å²) in [6.45, 7) is 5.91. The van der Waals surface area contributed by atoms with Gasteiger partial charge in [-0.1, -0.05) is 6.92 Å². The lowest BCUT2D eigenvalue weighted by atomic mass is 10.1. The van der Waals surface area contributed by atoms with E-state index in [2.05, 4.69) is 24.2 Å². The first-order valence-corrected chi connectivity index (χ1v) is 5.92. The molecule has 86 valence electrons. The fraction of sp³-hybridized carbons (Fsp3) is 0.909. The van der Waals surface area contributed by atoms with Gasteiger partial charge in [0.05, 0.1) is 12.7 Å². The second kappa shape index (κ2) is 4.49. The highest BCUT2D eigenvalue weighted by Crippen LogP contribution is 2.19. The molecule has 1 N–H and O–H groups in total. The van der Waals surface area contributed by atoms with Crippen molar-refractivity contribution in [1.29, 1.82) is 0 Å². The maximum Gasteiger partial charge on any atom is 0.237 e. The molecule has 4 heteroatoms. The third-order valence-electron chi connectivity index (χ3n) is 3.52. The second-order valence-corrected chi connectivity index (χ2v) is 4.77. The molecule has 2 saturated heterocycles. The first-order chi connectivity index (χ1) is 7.20. The number of rotatable bonds is 3. The molecule has 15 heavy (non-hydrogen) atoms. The Morgan fingerprint density at radius 2 is 2.33 bits per heavy atom. The van der Waals surface area contributed by atoms with Gasteiger partial charge in [-0.2, -0.15) is 0 Å². The topological polar surface area (TPSA) is 35.6 Å². The number of carbonyl (C=O) groups is 1. The van der Waals surface area contributed by atoms with E-state index in [1.54, 1.807) is 0 Å². The van der Waals surface area contributed by atoms with Crippen LogP contribution in [0.2, 0.25) is 0 Å². The first-order valence-electron chi connectivity index (χ1n) is 5.92. The van der Waals surface area contributed by atoms with Crippen molar-refractivity contribution in [3.8, 4) is 0 Å². The third-order valence-corrected chi connectivity index (χ3v) is 3.52. The maximum atomic E-state index is 11.7. The molecule has 2 unspecified atom stereocenters. The van der Waals surface area contributed by atoms with Crippen molar-refractivity contribution in [3.63, 3.8) is 0 Å². The maximum absolute atomic E-state index is 11.7. The zero-order valence-electron chi connectivity index (χ0n) is 9.70. The highest BCUT2D eigenvalue weighted by Gasteiger charge is 2.32. The summed E-state index contributed by atoms with van der Waals surface area (Å²) in [5, 5.41) is 3.25. The molecule has 2 atom stereocenters. The van der Waals surface area contributed by atoms with Gasteiger partial charge in [0.15, 0.2) is 0 Å². The molecule has 0 radical (unpaired) electrons. The molecule has 2 heterocycles. The van der Waals surface area contributed by atoms with Crippen molar-refractivity contribution in [2.45, 2.75) is 25.9 Å². The van der Waals surface area contributed by atoms with Crippen molar-refractivity contribution in [2.75, 3.05) is 33.2 Å². The number of likely N-dealkylation sites (tertiary alicyclic amines) is 1. The average molecular weight is 211 g/mol. The van der Waals surface area contributed by atoms with E-state index in [1.807, 2.05) is 4.90 Å². The molecule has 0 bridgehead atoms. The van der Waals surface area contributed by atoms with Gasteiger partial charge in [0, 0.05) is 13.1 Å². The zero-order chi connectivity index (χ0) is 10.8. The van der Waals surface area contributed by atoms with E-state index in [0.29, 0.717) is 12.5 Å². The Bertz CT molecular complexity index is 244. The van der Waals surface area contributed by atoms with Crippen LogP contribution in [-0.4, -0.2) is 55.1 Å². The highest BCUT2D eigenvalue weighted by atomic mass is 16.2. The molecule has 0 aromatic carbocycles. The van der Waals surface area contributed by atoms with Gasteiger partial charge in [0.1, 0.15) is 0 Å². The zero-order valence-corrected chi connectivity index (χ0v) is 9.70. The van der Waals surface area contributed by atoms with Crippen LogP contribution in [0.25, 0.3) is 0 Å². The minimum atomic E-state index is 0.274. The molecule has 0 spiro atoms. The highest BCUT2D eigenvalue weighted by molar-refractivity contribution is 5.80. The van der Waals surface area contributed by atoms with Gasteiger partial charge in [-0.3, -0.25) is 10.1 Å². The Labute approximate surface area is 91.6 Å². The molecular formula is C11H21N3O. The van der Waals surface area contributed by atoms with Crippen LogP contribution in [0.4, 0.5) is 0 Å². The Morgan fingerprint density at radius 1 is 1.53 bits per heavy atom. The summed E-state index contributed by atoms with van der Waals surface area (Å²) in [7, 11) is 2.15. The molecule has 4 nitrogen and oxygen atoms in total. The van der Waals surface area contributed by atoms with Gasteiger partial charge in [0.2, 0.25) is 5.91 Å². The van der Waals surface area contributed by atoms with E-state index in [1.165, 1.54) is 13.0 Å². The van der Waals surface area contributed by atoms with E-state index in [-0.39, 0.29) is 12.1 Å². The fourth-order valence-electron chi connectivity index (χ4n) is 2.64. The summed E-state index contributed by atoms with van der Waals surface area (Å²) in [6.07, 6.45) is 2.52. The predicted molar refractivity (Wildman–Crippen MR) is 59.4 cm³/mol. The Hall–Kier alpha value is -0.610. The van der Waals surface area contributed by atoms with Crippen LogP contribution in [0, 0.1) is 5.92 Å². The Morgan fingerprint density at radius 3 is 2.93 bits per heavy atom. The van der Waals surface area contributed by atoms with Crippen molar-refractivity contribution in [2.24, 2.45) is 5.92 Å². The fourth-order valence-corrected chi connectivity index (χ4v) is 2.64. The van der Waals surface area contributed by atoms with Gasteiger partial charge >= 0.3 is 0 Å². The first kappa shape index (κ1) is 10.9. The molecule has 2 aliphatic heterocycles. The van der Waals surface area contributed by atoms with Crippen LogP contribution in [0.1, 0.15) is 19.8 Å². The number of amides is 1. The molecule has 2 fully saturated rings. The monoisotopic (exact) mass is 211 g/mol. The second-order valence-electron chi connectivity index (χ2n) is 4.77. The Kier molecular flexibility index (Phi) is 3.26. The quantitative estimate of drug-likeness (QED) is 0.719. The molecule has 0 aromatic rings. The van der Waals surface area contributed by atoms with Crippen molar-refractivity contribution >= 4 is 5.91 Å². The smallest absolute Gasteiger partial charge is 0.237 e. The van der Waals surface area contributed by atoms with Gasteiger partial charge in [-0.25, -0.2) is 0 Å². The van der Waals surface area contributed by atoms with Crippen molar-refractivity contribution < 1.29 is 4.79 Å². The number of nitrogens with zero attached hydrogens (tertiary/aromatic N) is 2. The van der Waals surface area contributed by atoms with Gasteiger partial charge in [-0.05, 0) is 32.4 Å². The van der Waals surface area contributed by atoms with Crippen LogP contribution in [0.3, 0.4) is 0 Å². The number of nitrogens with one attached hydrogen (secondary N) is 1. The van der Waals surface area contributed by atoms with Crippen LogP contribution in [0.5, 0.6) is 0 Å². The van der Waals surface area contributed by atoms with E-state index >= 15 is 0 Å². The summed E-state index contributed by atoms with van der Waals surface area (Å²) in [5.41, 5.74) is 0. The summed E-state index contributed by atoms with van der Waals surface area (Å²) in [5.74, 6) is 0.948. The van der Waals surface area contributed by atoms with Gasteiger partial charge in [0.25, 0.3) is 0 Å². The Balaban J connectivity index is 1.89. The summed E-state index contributed by atoms with van der Waals surface area (Å²) in [6, 6.07) is 0. The summed E-state index contributed by atoms with van der Waals surface area (Å²) >= 11 is 0. The van der Waals surface area contributed by atoms with E-state index < -0.39 is 0 Å². The van der Waals surface area contributed by atoms with Crippen molar-refractivity contribution in [3.05, 3.63) is 0 Å². The lowest BCUT2D eigenvalue weighted by Crippen LogP contribution is -2.40. The number of carbonyl (C=O) groups excluding carboxylic acids is 1. The van der Waals surface area contributed by atoms with Crippen LogP contribution < -0.4 is 5.32 Å². The molecule has 2 aliphatic rings. The summed E-state index contributed by atoms with van der Waals surface area (Å²) < 4.78 is 0. The largest absolute Gasteiger partial charge is 0.326 e. The SMILES string of the molecule is CCC1NCC(=O)N1CC1CCN(C)C1. The molecular weight excluding hydrogens is 190 g/mol. The predicted octanol–water partition coefficient (Wildman–Crippen LogP) is 0.106. The van der Waals surface area contributed by atoms with E-state index in [9.17, 15) is 4.79 Å². The van der Waals surface area contributed by atoms with Crippen molar-refractivity contribution in [1.82, 2.24) is 15.1 Å². The molecule has 2 rings (SSSR count). The van der Waals surface area contributed by atoms with Crippen LogP contribution in [0.15, 0.2) is 0 Å². The summed E-state index contributed by atoms with van der Waals surface area (Å²) in [4.78, 5) is 16.0. The van der Waals surface area contributed by atoms with Gasteiger partial charge in [-0.15, -0.1) is 0 Å². The standard InChI is InChI=1S/C11H21N3O/c1-3-10-12-6-11(15)14(10)8-9-4-5-13(2)7-9/h9-10,12H,3-8H2,1-2H3. The molecule has 1 amide bonds. The lowest BCUT2D eigenvalue weighted by Gasteiger charge is -2.26. The van der Waals surface area contributed by atoms with Gasteiger partial charge < -0.3 is 9.80 Å². The third kappa shape index (κ3) is 2.32.